The van der Waals surface area contributed by atoms with E-state index in [1.165, 1.54) is 12.1 Å². The van der Waals surface area contributed by atoms with Gasteiger partial charge in [0.15, 0.2) is 11.5 Å². The summed E-state index contributed by atoms with van der Waals surface area (Å²) in [4.78, 5) is 22.4. The van der Waals surface area contributed by atoms with Gasteiger partial charge in [-0.25, -0.2) is 0 Å². The van der Waals surface area contributed by atoms with Crippen LogP contribution >= 0.6 is 0 Å². The van der Waals surface area contributed by atoms with E-state index in [1.807, 2.05) is 6.07 Å². The van der Waals surface area contributed by atoms with Crippen LogP contribution in [0.25, 0.3) is 0 Å². The standard InChI is InChI=1S/C17H14N2O5/c20-17-8-12(10-1-3-11(4-2-10)19(21)22)13-7-15-16(9-14(13)18-17)24-6-5-23-15/h1-4,7,9,12H,5-6,8H2,(H,18,20). The summed E-state index contributed by atoms with van der Waals surface area (Å²) in [6.07, 6.45) is 0.282. The van der Waals surface area contributed by atoms with Crippen LogP contribution < -0.4 is 14.8 Å². The van der Waals surface area contributed by atoms with E-state index in [4.69, 9.17) is 9.47 Å². The van der Waals surface area contributed by atoms with Gasteiger partial charge in [0.2, 0.25) is 5.91 Å². The fourth-order valence-corrected chi connectivity index (χ4v) is 3.12. The zero-order valence-corrected chi connectivity index (χ0v) is 12.7. The van der Waals surface area contributed by atoms with Crippen molar-refractivity contribution in [3.8, 4) is 11.5 Å². The maximum atomic E-state index is 12.1. The number of anilines is 1. The number of hydrogen-bond acceptors (Lipinski definition) is 5. The Hall–Kier alpha value is -3.09. The van der Waals surface area contributed by atoms with Crippen molar-refractivity contribution in [2.75, 3.05) is 18.5 Å². The van der Waals surface area contributed by atoms with Gasteiger partial charge in [0.1, 0.15) is 13.2 Å². The minimum atomic E-state index is -0.438. The van der Waals surface area contributed by atoms with Crippen molar-refractivity contribution >= 4 is 17.3 Å². The molecular formula is C17H14N2O5. The molecule has 1 unspecified atom stereocenters. The van der Waals surface area contributed by atoms with Crippen LogP contribution in [0.4, 0.5) is 11.4 Å². The lowest BCUT2D eigenvalue weighted by molar-refractivity contribution is -0.384. The molecule has 7 heteroatoms. The number of nitrogens with zero attached hydrogens (tertiary/aromatic N) is 1. The van der Waals surface area contributed by atoms with Gasteiger partial charge < -0.3 is 14.8 Å². The molecule has 122 valence electrons. The predicted molar refractivity (Wildman–Crippen MR) is 85.6 cm³/mol. The van der Waals surface area contributed by atoms with Crippen molar-refractivity contribution in [2.45, 2.75) is 12.3 Å². The normalized spacial score (nSPS) is 18.5. The molecule has 0 aliphatic carbocycles. The number of nitro groups is 1. The minimum Gasteiger partial charge on any atom is -0.486 e. The van der Waals surface area contributed by atoms with Crippen LogP contribution in [0.5, 0.6) is 11.5 Å². The number of nitrogens with one attached hydrogen (secondary N) is 1. The Morgan fingerprint density at radius 3 is 2.42 bits per heavy atom. The number of amides is 1. The van der Waals surface area contributed by atoms with Gasteiger partial charge in [-0.15, -0.1) is 0 Å². The van der Waals surface area contributed by atoms with Crippen molar-refractivity contribution in [3.63, 3.8) is 0 Å². The van der Waals surface area contributed by atoms with Crippen LogP contribution in [-0.2, 0) is 4.79 Å². The molecule has 0 spiro atoms. The topological polar surface area (TPSA) is 90.7 Å². The van der Waals surface area contributed by atoms with Gasteiger partial charge in [-0.3, -0.25) is 14.9 Å². The van der Waals surface area contributed by atoms with Crippen LogP contribution in [0.15, 0.2) is 36.4 Å². The molecule has 4 rings (SSSR count). The number of carbonyl (C=O) groups excluding carboxylic acids is 1. The lowest BCUT2D eigenvalue weighted by Crippen LogP contribution is -2.24. The molecule has 7 nitrogen and oxygen atoms in total. The number of nitro benzene ring substituents is 1. The third-order valence-electron chi connectivity index (χ3n) is 4.26. The Morgan fingerprint density at radius 1 is 1.08 bits per heavy atom. The molecule has 1 amide bonds. The zero-order valence-electron chi connectivity index (χ0n) is 12.7. The second-order valence-electron chi connectivity index (χ2n) is 5.74. The molecule has 0 aromatic heterocycles. The maximum absolute atomic E-state index is 12.1. The van der Waals surface area contributed by atoms with Crippen molar-refractivity contribution in [2.24, 2.45) is 0 Å². The van der Waals surface area contributed by atoms with Crippen molar-refractivity contribution < 1.29 is 19.2 Å². The van der Waals surface area contributed by atoms with E-state index < -0.39 is 4.92 Å². The molecule has 0 radical (unpaired) electrons. The molecule has 2 aromatic rings. The predicted octanol–water partition coefficient (Wildman–Crippen LogP) is 2.84. The number of fused-ring (bicyclic) bond motifs is 2. The van der Waals surface area contributed by atoms with Gasteiger partial charge in [0.05, 0.1) is 4.92 Å². The minimum absolute atomic E-state index is 0.0291. The first kappa shape index (κ1) is 14.5. The number of ether oxygens (including phenoxy) is 2. The van der Waals surface area contributed by atoms with Crippen LogP contribution in [-0.4, -0.2) is 24.0 Å². The number of hydrogen-bond donors (Lipinski definition) is 1. The quantitative estimate of drug-likeness (QED) is 0.677. The van der Waals surface area contributed by atoms with Crippen LogP contribution in [0.1, 0.15) is 23.5 Å². The lowest BCUT2D eigenvalue weighted by Gasteiger charge is -2.28. The average Bonchev–Trinajstić information content (AvgIpc) is 2.59. The monoisotopic (exact) mass is 326 g/mol. The Labute approximate surface area is 137 Å². The number of carbonyl (C=O) groups is 1. The molecule has 0 bridgehead atoms. The summed E-state index contributed by atoms with van der Waals surface area (Å²) in [6, 6.07) is 9.97. The van der Waals surface area contributed by atoms with Gasteiger partial charge in [0.25, 0.3) is 5.69 Å². The van der Waals surface area contributed by atoms with Crippen molar-refractivity contribution in [3.05, 3.63) is 57.6 Å². The summed E-state index contributed by atoms with van der Waals surface area (Å²) in [5.74, 6) is 1.00. The molecule has 24 heavy (non-hydrogen) atoms. The van der Waals surface area contributed by atoms with Crippen molar-refractivity contribution in [1.29, 1.82) is 0 Å². The third-order valence-corrected chi connectivity index (χ3v) is 4.26. The zero-order chi connectivity index (χ0) is 16.7. The first-order chi connectivity index (χ1) is 11.6. The highest BCUT2D eigenvalue weighted by atomic mass is 16.6. The van der Waals surface area contributed by atoms with E-state index in [0.717, 1.165) is 11.1 Å². The smallest absolute Gasteiger partial charge is 0.269 e. The highest BCUT2D eigenvalue weighted by Crippen LogP contribution is 2.44. The van der Waals surface area contributed by atoms with E-state index in [9.17, 15) is 14.9 Å². The summed E-state index contributed by atoms with van der Waals surface area (Å²) in [5, 5.41) is 13.7. The third kappa shape index (κ3) is 2.44. The number of benzene rings is 2. The van der Waals surface area contributed by atoms with Gasteiger partial charge in [0, 0.05) is 36.2 Å². The second kappa shape index (κ2) is 5.52. The van der Waals surface area contributed by atoms with Crippen LogP contribution in [0.2, 0.25) is 0 Å². The molecule has 2 aliphatic heterocycles. The summed E-state index contributed by atoms with van der Waals surface area (Å²) in [6.45, 7) is 0.964. The van der Waals surface area contributed by atoms with Crippen molar-refractivity contribution in [1.82, 2.24) is 0 Å². The Morgan fingerprint density at radius 2 is 1.75 bits per heavy atom. The van der Waals surface area contributed by atoms with E-state index in [-0.39, 0.29) is 23.9 Å². The van der Waals surface area contributed by atoms with E-state index >= 15 is 0 Å². The molecule has 0 fully saturated rings. The van der Waals surface area contributed by atoms with E-state index in [1.54, 1.807) is 18.2 Å². The summed E-state index contributed by atoms with van der Waals surface area (Å²) in [7, 11) is 0. The number of rotatable bonds is 2. The fraction of sp³-hybridized carbons (Fsp3) is 0.235. The van der Waals surface area contributed by atoms with Gasteiger partial charge in [-0.1, -0.05) is 12.1 Å². The molecule has 2 aliphatic rings. The largest absolute Gasteiger partial charge is 0.486 e. The first-order valence-corrected chi connectivity index (χ1v) is 7.59. The molecule has 2 aromatic carbocycles. The van der Waals surface area contributed by atoms with Crippen LogP contribution in [0.3, 0.4) is 0 Å². The Kier molecular flexibility index (Phi) is 3.34. The molecule has 0 saturated heterocycles. The second-order valence-corrected chi connectivity index (χ2v) is 5.74. The van der Waals surface area contributed by atoms with Gasteiger partial charge >= 0.3 is 0 Å². The molecular weight excluding hydrogens is 312 g/mol. The van der Waals surface area contributed by atoms with Gasteiger partial charge in [-0.2, -0.15) is 0 Å². The molecule has 1 atom stereocenters. The molecule has 0 saturated carbocycles. The lowest BCUT2D eigenvalue weighted by atomic mass is 9.84. The Balaban J connectivity index is 1.77. The molecule has 2 heterocycles. The summed E-state index contributed by atoms with van der Waals surface area (Å²) >= 11 is 0. The number of non-ortho nitro benzene ring substituents is 1. The SMILES string of the molecule is O=C1CC(c2ccc([N+](=O)[O-])cc2)c2cc3c(cc2N1)OCCO3. The van der Waals surface area contributed by atoms with E-state index in [2.05, 4.69) is 5.32 Å². The highest BCUT2D eigenvalue weighted by Gasteiger charge is 2.29. The summed E-state index contributed by atoms with van der Waals surface area (Å²) < 4.78 is 11.2. The van der Waals surface area contributed by atoms with Crippen LogP contribution in [0, 0.1) is 10.1 Å². The summed E-state index contributed by atoms with van der Waals surface area (Å²) in [5.41, 5.74) is 2.50. The highest BCUT2D eigenvalue weighted by molar-refractivity contribution is 5.96. The fourth-order valence-electron chi connectivity index (χ4n) is 3.12. The average molecular weight is 326 g/mol. The maximum Gasteiger partial charge on any atom is 0.269 e. The van der Waals surface area contributed by atoms with Gasteiger partial charge in [-0.05, 0) is 17.2 Å². The first-order valence-electron chi connectivity index (χ1n) is 7.59. The van der Waals surface area contributed by atoms with E-state index in [0.29, 0.717) is 30.4 Å². The Bertz CT molecular complexity index is 832. The molecule has 1 N–H and O–H groups in total.